The first-order valence-corrected chi connectivity index (χ1v) is 8.38. The van der Waals surface area contributed by atoms with E-state index in [4.69, 9.17) is 1.37 Å². The van der Waals surface area contributed by atoms with Crippen LogP contribution in [-0.4, -0.2) is 24.9 Å². The number of aromatic nitrogens is 1. The van der Waals surface area contributed by atoms with Crippen molar-refractivity contribution in [3.8, 4) is 0 Å². The lowest BCUT2D eigenvalue weighted by atomic mass is 9.98. The number of rotatable bonds is 3. The third-order valence-electron chi connectivity index (χ3n) is 4.98. The second kappa shape index (κ2) is 6.03. The molecule has 25 heavy (non-hydrogen) atoms. The number of hydrogen-bond donors (Lipinski definition) is 0. The molecule has 0 saturated heterocycles. The van der Waals surface area contributed by atoms with Gasteiger partial charge in [0.05, 0.1) is 28.7 Å². The van der Waals surface area contributed by atoms with Crippen molar-refractivity contribution in [3.63, 3.8) is 0 Å². The van der Waals surface area contributed by atoms with Gasteiger partial charge >= 0.3 is 0 Å². The van der Waals surface area contributed by atoms with Gasteiger partial charge in [-0.2, -0.15) is 0 Å². The minimum atomic E-state index is -0.682. The summed E-state index contributed by atoms with van der Waals surface area (Å²) < 4.78 is 9.39. The minimum Gasteiger partial charge on any atom is -0.376 e. The summed E-state index contributed by atoms with van der Waals surface area (Å²) in [4.78, 5) is 27.0. The molecule has 3 aromatic rings. The maximum absolute atomic E-state index is 13.3. The average molecular weight is 338 g/mol. The summed E-state index contributed by atoms with van der Waals surface area (Å²) in [5.41, 5.74) is 6.34. The first-order chi connectivity index (χ1) is 12.1. The molecule has 130 valence electrons. The summed E-state index contributed by atoms with van der Waals surface area (Å²) in [5, 5.41) is 1.22. The smallest absolute Gasteiger partial charge is 0.197 e. The molecule has 0 saturated carbocycles. The number of carbonyl (C=O) groups excluding carboxylic acids is 1. The number of nitrogens with zero attached hydrogens (tertiary/aromatic N) is 2. The van der Waals surface area contributed by atoms with Crippen LogP contribution in [0.25, 0.3) is 21.8 Å². The molecule has 0 spiro atoms. The van der Waals surface area contributed by atoms with Gasteiger partial charge in [0.2, 0.25) is 0 Å². The highest BCUT2D eigenvalue weighted by Gasteiger charge is 2.19. The molecule has 1 heterocycles. The Kier molecular flexibility index (Phi) is 3.83. The number of fused-ring (bicyclic) bond motifs is 2. The van der Waals surface area contributed by atoms with Crippen molar-refractivity contribution in [1.29, 1.82) is 0 Å². The zero-order valence-corrected chi connectivity index (χ0v) is 15.7. The second-order valence-electron chi connectivity index (χ2n) is 6.99. The van der Waals surface area contributed by atoms with Gasteiger partial charge in [0.25, 0.3) is 0 Å². The molecule has 0 aliphatic rings. The van der Waals surface area contributed by atoms with Crippen LogP contribution < -0.4 is 10.3 Å². The molecular formula is C21H24N2O2. The molecular weight excluding hydrogens is 312 g/mol. The van der Waals surface area contributed by atoms with Gasteiger partial charge in [0, 0.05) is 19.5 Å². The largest absolute Gasteiger partial charge is 0.376 e. The Bertz CT molecular complexity index is 1130. The van der Waals surface area contributed by atoms with Gasteiger partial charge in [0.15, 0.2) is 5.43 Å². The van der Waals surface area contributed by atoms with Crippen molar-refractivity contribution >= 4 is 33.8 Å². The van der Waals surface area contributed by atoms with Gasteiger partial charge in [-0.1, -0.05) is 6.07 Å². The molecule has 4 nitrogen and oxygen atoms in total. The molecule has 0 atom stereocenters. The lowest BCUT2D eigenvalue weighted by molar-refractivity contribution is -0.108. The van der Waals surface area contributed by atoms with Crippen LogP contribution in [0.5, 0.6) is 0 Å². The van der Waals surface area contributed by atoms with E-state index in [1.54, 1.807) is 0 Å². The van der Waals surface area contributed by atoms with E-state index < -0.39 is 6.26 Å². The molecule has 0 aliphatic heterocycles. The van der Waals surface area contributed by atoms with Gasteiger partial charge in [-0.3, -0.25) is 4.79 Å². The fourth-order valence-corrected chi connectivity index (χ4v) is 3.76. The van der Waals surface area contributed by atoms with Gasteiger partial charge < -0.3 is 14.3 Å². The molecule has 1 aromatic heterocycles. The highest BCUT2D eigenvalue weighted by Crippen LogP contribution is 2.33. The van der Waals surface area contributed by atoms with Gasteiger partial charge in [-0.25, -0.2) is 0 Å². The number of aldehydes is 1. The third kappa shape index (κ3) is 2.53. The van der Waals surface area contributed by atoms with Crippen molar-refractivity contribution in [3.05, 3.63) is 50.7 Å². The summed E-state index contributed by atoms with van der Waals surface area (Å²) in [5.74, 6) is 0. The van der Waals surface area contributed by atoms with Gasteiger partial charge in [-0.05, 0) is 62.1 Å². The third-order valence-corrected chi connectivity index (χ3v) is 4.98. The molecule has 2 aromatic carbocycles. The van der Waals surface area contributed by atoms with Crippen LogP contribution in [0.15, 0.2) is 23.0 Å². The van der Waals surface area contributed by atoms with E-state index in [1.165, 1.54) is 0 Å². The first kappa shape index (κ1) is 15.9. The molecule has 3 rings (SSSR count). The quantitative estimate of drug-likeness (QED) is 0.541. The highest BCUT2D eigenvalue weighted by atomic mass is 16.1. The zero-order chi connectivity index (χ0) is 19.3. The van der Waals surface area contributed by atoms with E-state index in [0.717, 1.165) is 33.5 Å². The highest BCUT2D eigenvalue weighted by molar-refractivity contribution is 6.02. The van der Waals surface area contributed by atoms with Crippen LogP contribution in [0, 0.1) is 27.7 Å². The predicted octanol–water partition coefficient (Wildman–Crippen LogP) is 3.65. The SMILES string of the molecule is [3H]C(=O)Cn1c2cc(C)c(C)cc2c(=O)c2c(C)cc(C)c(N(C)C)c21. The summed E-state index contributed by atoms with van der Waals surface area (Å²) >= 11 is 0. The summed E-state index contributed by atoms with van der Waals surface area (Å²) in [6.45, 7) is 7.81. The van der Waals surface area contributed by atoms with Gasteiger partial charge in [0.1, 0.15) is 7.63 Å². The number of anilines is 1. The monoisotopic (exact) mass is 338 g/mol. The lowest BCUT2D eigenvalue weighted by Crippen LogP contribution is -2.19. The zero-order valence-electron chi connectivity index (χ0n) is 16.7. The number of hydrogen-bond acceptors (Lipinski definition) is 3. The normalized spacial score (nSPS) is 11.8. The maximum atomic E-state index is 13.3. The van der Waals surface area contributed by atoms with Crippen LogP contribution >= 0.6 is 0 Å². The van der Waals surface area contributed by atoms with Crippen LogP contribution in [0.1, 0.15) is 23.6 Å². The average Bonchev–Trinajstić information content (AvgIpc) is 2.52. The molecule has 0 fully saturated rings. The minimum absolute atomic E-state index is 0.0209. The van der Waals surface area contributed by atoms with Crippen molar-refractivity contribution in [1.82, 2.24) is 4.57 Å². The first-order valence-electron chi connectivity index (χ1n) is 8.88. The van der Waals surface area contributed by atoms with Crippen LogP contribution in [0.3, 0.4) is 0 Å². The van der Waals surface area contributed by atoms with Crippen molar-refractivity contribution in [2.45, 2.75) is 34.2 Å². The van der Waals surface area contributed by atoms with E-state index in [0.29, 0.717) is 16.3 Å². The number of pyridine rings is 1. The summed E-state index contributed by atoms with van der Waals surface area (Å²) in [6, 6.07) is 5.86. The topological polar surface area (TPSA) is 42.3 Å². The van der Waals surface area contributed by atoms with Gasteiger partial charge in [-0.15, -0.1) is 0 Å². The van der Waals surface area contributed by atoms with E-state index >= 15 is 0 Å². The van der Waals surface area contributed by atoms with Crippen LogP contribution in [-0.2, 0) is 11.3 Å². The van der Waals surface area contributed by atoms with E-state index in [-0.39, 0.29) is 12.0 Å². The molecule has 4 heteroatoms. The fraction of sp³-hybridized carbons (Fsp3) is 0.333. The summed E-state index contributed by atoms with van der Waals surface area (Å²) in [7, 11) is 3.86. The molecule has 0 amide bonds. The van der Waals surface area contributed by atoms with Crippen molar-refractivity contribution in [2.24, 2.45) is 0 Å². The number of carbonyl (C=O) groups is 1. The fourth-order valence-electron chi connectivity index (χ4n) is 3.76. The maximum Gasteiger partial charge on any atom is 0.197 e. The van der Waals surface area contributed by atoms with Crippen molar-refractivity contribution < 1.29 is 6.17 Å². The van der Waals surface area contributed by atoms with Crippen molar-refractivity contribution in [2.75, 3.05) is 19.0 Å². The Labute approximate surface area is 149 Å². The molecule has 0 aliphatic carbocycles. The van der Waals surface area contributed by atoms with E-state index in [9.17, 15) is 9.59 Å². The standard InChI is InChI=1S/C21H24N2O2/c1-12-10-16-17(11-13(12)2)23(7-8-24)20-18(21(16)25)14(3)9-15(4)19(20)22(5)6/h8-11H,7H2,1-6H3/i8T. The Morgan fingerprint density at radius 1 is 1.04 bits per heavy atom. The second-order valence-corrected chi connectivity index (χ2v) is 6.99. The predicted molar refractivity (Wildman–Crippen MR) is 105 cm³/mol. The molecule has 0 unspecified atom stereocenters. The van der Waals surface area contributed by atoms with E-state index in [1.807, 2.05) is 69.5 Å². The van der Waals surface area contributed by atoms with Crippen LogP contribution in [0.4, 0.5) is 5.69 Å². The lowest BCUT2D eigenvalue weighted by Gasteiger charge is -2.24. The Hall–Kier alpha value is -2.62. The summed E-state index contributed by atoms with van der Waals surface area (Å²) in [6.07, 6.45) is -0.682. The van der Waals surface area contributed by atoms with E-state index in [2.05, 4.69) is 0 Å². The Balaban J connectivity index is 2.72. The molecule has 0 radical (unpaired) electrons. The van der Waals surface area contributed by atoms with Crippen LogP contribution in [0.2, 0.25) is 0 Å². The number of aryl methyl sites for hydroxylation is 4. The molecule has 0 bridgehead atoms. The Morgan fingerprint density at radius 3 is 2.28 bits per heavy atom. The number of benzene rings is 2. The Morgan fingerprint density at radius 2 is 1.68 bits per heavy atom. The molecule has 0 N–H and O–H groups in total.